The van der Waals surface area contributed by atoms with Gasteiger partial charge in [0.15, 0.2) is 0 Å². The van der Waals surface area contributed by atoms with E-state index in [1.165, 1.54) is 12.0 Å². The molecule has 0 aromatic rings. The topological polar surface area (TPSA) is 46.2 Å². The third-order valence-corrected chi connectivity index (χ3v) is 3.18. The van der Waals surface area contributed by atoms with E-state index in [0.717, 1.165) is 24.8 Å². The van der Waals surface area contributed by atoms with E-state index in [9.17, 15) is 9.59 Å². The Morgan fingerprint density at radius 1 is 1.29 bits per heavy atom. The second-order valence-corrected chi connectivity index (χ2v) is 4.20. The van der Waals surface area contributed by atoms with Crippen LogP contribution in [0, 0.1) is 5.92 Å². The van der Waals surface area contributed by atoms with Crippen molar-refractivity contribution in [3.8, 4) is 0 Å². The summed E-state index contributed by atoms with van der Waals surface area (Å²) in [7, 11) is 0. The summed E-state index contributed by atoms with van der Waals surface area (Å²) < 4.78 is 0. The first-order valence-electron chi connectivity index (χ1n) is 5.24. The molecule has 2 amide bonds. The molecule has 0 aromatic carbocycles. The van der Waals surface area contributed by atoms with Crippen LogP contribution in [0.15, 0.2) is 11.1 Å². The Morgan fingerprint density at radius 3 is 2.64 bits per heavy atom. The average molecular weight is 193 g/mol. The summed E-state index contributed by atoms with van der Waals surface area (Å²) in [6, 6.07) is 0. The second-order valence-electron chi connectivity index (χ2n) is 4.20. The monoisotopic (exact) mass is 193 g/mol. The van der Waals surface area contributed by atoms with Crippen molar-refractivity contribution in [2.75, 3.05) is 0 Å². The van der Waals surface area contributed by atoms with Gasteiger partial charge in [-0.2, -0.15) is 0 Å². The third-order valence-electron chi connectivity index (χ3n) is 3.18. The molecule has 0 aromatic heterocycles. The highest BCUT2D eigenvalue weighted by molar-refractivity contribution is 6.13. The van der Waals surface area contributed by atoms with Crippen molar-refractivity contribution < 1.29 is 9.59 Å². The standard InChI is InChI=1S/C11H15NO2/c1-7-4-2-3-5-8(7)9-6-10(13)12-11(9)14/h7H,2-6H2,1H3,(H,12,13,14). The van der Waals surface area contributed by atoms with E-state index in [2.05, 4.69) is 12.2 Å². The maximum absolute atomic E-state index is 11.4. The number of hydrogen-bond acceptors (Lipinski definition) is 2. The van der Waals surface area contributed by atoms with Crippen molar-refractivity contribution >= 4 is 11.8 Å². The van der Waals surface area contributed by atoms with E-state index in [-0.39, 0.29) is 11.8 Å². The van der Waals surface area contributed by atoms with Crippen LogP contribution in [0.5, 0.6) is 0 Å². The lowest BCUT2D eigenvalue weighted by Crippen LogP contribution is -2.20. The van der Waals surface area contributed by atoms with Gasteiger partial charge in [-0.3, -0.25) is 14.9 Å². The smallest absolute Gasteiger partial charge is 0.254 e. The molecule has 2 rings (SSSR count). The van der Waals surface area contributed by atoms with Crippen molar-refractivity contribution in [3.05, 3.63) is 11.1 Å². The molecule has 1 aliphatic carbocycles. The maximum Gasteiger partial charge on any atom is 0.254 e. The molecule has 1 atom stereocenters. The first kappa shape index (κ1) is 9.44. The number of carbonyl (C=O) groups excluding carboxylic acids is 2. The molecule has 0 bridgehead atoms. The first-order chi connectivity index (χ1) is 6.68. The van der Waals surface area contributed by atoms with Gasteiger partial charge in [0.05, 0.1) is 6.42 Å². The number of amides is 2. The Morgan fingerprint density at radius 2 is 2.07 bits per heavy atom. The quantitative estimate of drug-likeness (QED) is 0.468. The molecule has 3 heteroatoms. The van der Waals surface area contributed by atoms with E-state index in [4.69, 9.17) is 0 Å². The molecule has 1 heterocycles. The number of imide groups is 1. The molecule has 2 fully saturated rings. The fraction of sp³-hybridized carbons (Fsp3) is 0.636. The summed E-state index contributed by atoms with van der Waals surface area (Å²) in [6.45, 7) is 2.15. The number of carbonyl (C=O) groups is 2. The molecule has 0 spiro atoms. The van der Waals surface area contributed by atoms with E-state index in [1.807, 2.05) is 0 Å². The second kappa shape index (κ2) is 3.56. The summed E-state index contributed by atoms with van der Waals surface area (Å²) in [5.41, 5.74) is 1.97. The third kappa shape index (κ3) is 1.59. The van der Waals surface area contributed by atoms with E-state index in [1.54, 1.807) is 0 Å². The zero-order valence-corrected chi connectivity index (χ0v) is 8.43. The van der Waals surface area contributed by atoms with Crippen LogP contribution >= 0.6 is 0 Å². The van der Waals surface area contributed by atoms with E-state index >= 15 is 0 Å². The average Bonchev–Trinajstić information content (AvgIpc) is 2.46. The highest BCUT2D eigenvalue weighted by atomic mass is 16.2. The minimum atomic E-state index is -0.154. The Balaban J connectivity index is 2.28. The Bertz CT molecular complexity index is 317. The van der Waals surface area contributed by atoms with Crippen molar-refractivity contribution in [1.82, 2.24) is 5.32 Å². The summed E-state index contributed by atoms with van der Waals surface area (Å²) in [5.74, 6) is 0.185. The van der Waals surface area contributed by atoms with Crippen LogP contribution in [0.1, 0.15) is 39.0 Å². The molecule has 1 saturated carbocycles. The van der Waals surface area contributed by atoms with Gasteiger partial charge in [0.25, 0.3) is 5.91 Å². The van der Waals surface area contributed by atoms with Crippen LogP contribution in [0.3, 0.4) is 0 Å². The van der Waals surface area contributed by atoms with Gasteiger partial charge in [-0.1, -0.05) is 18.9 Å². The van der Waals surface area contributed by atoms with Crippen LogP contribution < -0.4 is 5.32 Å². The first-order valence-corrected chi connectivity index (χ1v) is 5.24. The Hall–Kier alpha value is -1.12. The molecule has 2 aliphatic rings. The molecule has 1 unspecified atom stereocenters. The van der Waals surface area contributed by atoms with Crippen LogP contribution in [-0.2, 0) is 9.59 Å². The van der Waals surface area contributed by atoms with Crippen molar-refractivity contribution in [2.24, 2.45) is 5.92 Å². The SMILES string of the molecule is CC1CCCCC1=C1CC(=O)NC1=O. The lowest BCUT2D eigenvalue weighted by Gasteiger charge is -2.22. The zero-order valence-electron chi connectivity index (χ0n) is 8.43. The molecule has 1 saturated heterocycles. The zero-order chi connectivity index (χ0) is 10.1. The normalized spacial score (nSPS) is 33.4. The number of nitrogens with one attached hydrogen (secondary N) is 1. The molecule has 1 aliphatic heterocycles. The Kier molecular flexibility index (Phi) is 2.40. The lowest BCUT2D eigenvalue weighted by atomic mass is 9.82. The minimum absolute atomic E-state index is 0.143. The molecule has 14 heavy (non-hydrogen) atoms. The summed E-state index contributed by atoms with van der Waals surface area (Å²) in [5, 5.41) is 2.35. The summed E-state index contributed by atoms with van der Waals surface area (Å²) in [6.07, 6.45) is 4.86. The number of allylic oxidation sites excluding steroid dienone is 1. The fourth-order valence-electron chi connectivity index (χ4n) is 2.38. The van der Waals surface area contributed by atoms with E-state index in [0.29, 0.717) is 12.3 Å². The fourth-order valence-corrected chi connectivity index (χ4v) is 2.38. The molecule has 1 N–H and O–H groups in total. The largest absolute Gasteiger partial charge is 0.292 e. The molecule has 76 valence electrons. The highest BCUT2D eigenvalue weighted by Crippen LogP contribution is 2.33. The van der Waals surface area contributed by atoms with Gasteiger partial charge in [-0.15, -0.1) is 0 Å². The summed E-state index contributed by atoms with van der Waals surface area (Å²) in [4.78, 5) is 22.5. The van der Waals surface area contributed by atoms with Crippen LogP contribution in [0.2, 0.25) is 0 Å². The molecular weight excluding hydrogens is 178 g/mol. The van der Waals surface area contributed by atoms with Crippen molar-refractivity contribution in [2.45, 2.75) is 39.0 Å². The predicted molar refractivity (Wildman–Crippen MR) is 52.4 cm³/mol. The predicted octanol–water partition coefficient (Wildman–Crippen LogP) is 1.54. The van der Waals surface area contributed by atoms with Gasteiger partial charge in [0.1, 0.15) is 0 Å². The molecule has 3 nitrogen and oxygen atoms in total. The van der Waals surface area contributed by atoms with Crippen molar-refractivity contribution in [3.63, 3.8) is 0 Å². The lowest BCUT2D eigenvalue weighted by molar-refractivity contribution is -0.124. The van der Waals surface area contributed by atoms with Crippen LogP contribution in [0.25, 0.3) is 0 Å². The van der Waals surface area contributed by atoms with Crippen LogP contribution in [-0.4, -0.2) is 11.8 Å². The molecular formula is C11H15NO2. The Labute approximate surface area is 83.6 Å². The van der Waals surface area contributed by atoms with Gasteiger partial charge in [-0.05, 0) is 25.2 Å². The van der Waals surface area contributed by atoms with Gasteiger partial charge in [-0.25, -0.2) is 0 Å². The van der Waals surface area contributed by atoms with Crippen molar-refractivity contribution in [1.29, 1.82) is 0 Å². The maximum atomic E-state index is 11.4. The van der Waals surface area contributed by atoms with Gasteiger partial charge < -0.3 is 0 Å². The highest BCUT2D eigenvalue weighted by Gasteiger charge is 2.29. The minimum Gasteiger partial charge on any atom is -0.292 e. The van der Waals surface area contributed by atoms with Gasteiger partial charge in [0, 0.05) is 5.57 Å². The number of hydrogen-bond donors (Lipinski definition) is 1. The van der Waals surface area contributed by atoms with Gasteiger partial charge in [0.2, 0.25) is 5.91 Å². The molecule has 0 radical (unpaired) electrons. The van der Waals surface area contributed by atoms with E-state index < -0.39 is 0 Å². The summed E-state index contributed by atoms with van der Waals surface area (Å²) >= 11 is 0. The van der Waals surface area contributed by atoms with Crippen LogP contribution in [0.4, 0.5) is 0 Å². The van der Waals surface area contributed by atoms with Gasteiger partial charge >= 0.3 is 0 Å². The number of rotatable bonds is 0.